The second kappa shape index (κ2) is 9.89. The third kappa shape index (κ3) is 5.09. The molecule has 1 aliphatic heterocycles. The number of hydrogen-bond donors (Lipinski definition) is 2. The van der Waals surface area contributed by atoms with Gasteiger partial charge in [-0.05, 0) is 42.5 Å². The molecule has 4 rings (SSSR count). The number of amides is 1. The van der Waals surface area contributed by atoms with Crippen molar-refractivity contribution in [2.45, 2.75) is 20.3 Å². The summed E-state index contributed by atoms with van der Waals surface area (Å²) in [5, 5.41) is 6.93. The minimum Gasteiger partial charge on any atom is -0.478 e. The van der Waals surface area contributed by atoms with Gasteiger partial charge >= 0.3 is 0 Å². The molecular weight excluding hydrogens is 456 g/mol. The lowest BCUT2D eigenvalue weighted by Gasteiger charge is -2.35. The average molecular weight is 485 g/mol. The van der Waals surface area contributed by atoms with Crippen LogP contribution in [0.5, 0.6) is 5.75 Å². The number of nitrogens with zero attached hydrogens (tertiary/aromatic N) is 4. The lowest BCUT2D eigenvalue weighted by atomic mass is 9.92. The standard InChI is InChI=1S/C24H29ClN6O3/c1-14-7-15(2)12-31(11-14)24-27-10-18(25)22(29-24)28-17-5-6-19-16(8-17)9-20(23(33)30(19)4)34-13-21(32)26-3/h5-6,8-10,14-15H,7,11-13H2,1-4H3,(H,26,32)(H,27,28,29). The summed E-state index contributed by atoms with van der Waals surface area (Å²) >= 11 is 6.41. The van der Waals surface area contributed by atoms with Gasteiger partial charge in [-0.3, -0.25) is 9.59 Å². The number of carbonyl (C=O) groups excluding carboxylic acids is 1. The molecule has 3 aromatic rings. The van der Waals surface area contributed by atoms with Crippen molar-refractivity contribution in [2.75, 3.05) is 37.0 Å². The molecule has 180 valence electrons. The Hall–Kier alpha value is -3.33. The third-order valence-electron chi connectivity index (χ3n) is 5.97. The molecule has 0 spiro atoms. The fourth-order valence-corrected chi connectivity index (χ4v) is 4.55. The van der Waals surface area contributed by atoms with Gasteiger partial charge in [0.25, 0.3) is 11.5 Å². The highest BCUT2D eigenvalue weighted by Gasteiger charge is 2.24. The smallest absolute Gasteiger partial charge is 0.293 e. The highest BCUT2D eigenvalue weighted by molar-refractivity contribution is 6.32. The Balaban J connectivity index is 1.62. The zero-order valence-corrected chi connectivity index (χ0v) is 20.5. The maximum absolute atomic E-state index is 12.6. The first-order valence-electron chi connectivity index (χ1n) is 11.3. The van der Waals surface area contributed by atoms with Gasteiger partial charge in [-0.15, -0.1) is 0 Å². The Kier molecular flexibility index (Phi) is 6.92. The molecule has 0 aliphatic carbocycles. The largest absolute Gasteiger partial charge is 0.478 e. The first-order valence-corrected chi connectivity index (χ1v) is 11.6. The van der Waals surface area contributed by atoms with Crippen molar-refractivity contribution >= 4 is 45.9 Å². The molecule has 2 unspecified atom stereocenters. The van der Waals surface area contributed by atoms with E-state index >= 15 is 0 Å². The normalized spacial score (nSPS) is 18.1. The molecule has 1 aliphatic rings. The number of hydrogen-bond acceptors (Lipinski definition) is 7. The number of ether oxygens (including phenoxy) is 1. The summed E-state index contributed by atoms with van der Waals surface area (Å²) in [5.41, 5.74) is 1.16. The number of piperidine rings is 1. The van der Waals surface area contributed by atoms with Gasteiger partial charge in [-0.1, -0.05) is 25.4 Å². The van der Waals surface area contributed by atoms with Crippen LogP contribution in [-0.4, -0.2) is 47.2 Å². The van der Waals surface area contributed by atoms with Crippen LogP contribution >= 0.6 is 11.6 Å². The zero-order valence-electron chi connectivity index (χ0n) is 19.8. The van der Waals surface area contributed by atoms with Crippen molar-refractivity contribution in [3.8, 4) is 5.75 Å². The van der Waals surface area contributed by atoms with E-state index in [1.54, 1.807) is 19.3 Å². The molecule has 34 heavy (non-hydrogen) atoms. The number of carbonyl (C=O) groups is 1. The minimum atomic E-state index is -0.315. The van der Waals surface area contributed by atoms with E-state index in [0.29, 0.717) is 28.6 Å². The number of rotatable bonds is 6. The lowest BCUT2D eigenvalue weighted by molar-refractivity contribution is -0.122. The quantitative estimate of drug-likeness (QED) is 0.553. The third-order valence-corrected chi connectivity index (χ3v) is 6.25. The number of likely N-dealkylation sites (N-methyl/N-ethyl adjacent to an activating group) is 1. The van der Waals surface area contributed by atoms with Gasteiger partial charge in [0.15, 0.2) is 18.2 Å². The van der Waals surface area contributed by atoms with E-state index in [1.165, 1.54) is 18.0 Å². The van der Waals surface area contributed by atoms with Gasteiger partial charge in [-0.25, -0.2) is 4.98 Å². The summed E-state index contributed by atoms with van der Waals surface area (Å²) in [4.78, 5) is 35.5. The lowest BCUT2D eigenvalue weighted by Crippen LogP contribution is -2.39. The molecule has 10 heteroatoms. The molecule has 1 saturated heterocycles. The summed E-state index contributed by atoms with van der Waals surface area (Å²) in [5.74, 6) is 2.10. The predicted molar refractivity (Wildman–Crippen MR) is 134 cm³/mol. The number of aromatic nitrogens is 3. The molecule has 0 bridgehead atoms. The first kappa shape index (κ1) is 23.8. The first-order chi connectivity index (χ1) is 16.2. The molecule has 2 N–H and O–H groups in total. The number of fused-ring (bicyclic) bond motifs is 1. The second-order valence-corrected chi connectivity index (χ2v) is 9.36. The molecular formula is C24H29ClN6O3. The molecule has 1 aromatic carbocycles. The van der Waals surface area contributed by atoms with E-state index in [9.17, 15) is 9.59 Å². The van der Waals surface area contributed by atoms with Crippen molar-refractivity contribution in [2.24, 2.45) is 18.9 Å². The van der Waals surface area contributed by atoms with E-state index in [1.807, 2.05) is 18.2 Å². The summed E-state index contributed by atoms with van der Waals surface area (Å²) in [6.45, 7) is 6.07. The Labute approximate surface area is 203 Å². The molecule has 2 aromatic heterocycles. The maximum Gasteiger partial charge on any atom is 0.293 e. The van der Waals surface area contributed by atoms with Crippen LogP contribution < -0.4 is 25.8 Å². The van der Waals surface area contributed by atoms with Crippen LogP contribution in [-0.2, 0) is 11.8 Å². The Morgan fingerprint density at radius 3 is 2.68 bits per heavy atom. The van der Waals surface area contributed by atoms with Crippen molar-refractivity contribution in [1.29, 1.82) is 0 Å². The summed E-state index contributed by atoms with van der Waals surface area (Å²) in [6.07, 6.45) is 2.81. The van der Waals surface area contributed by atoms with Gasteiger partial charge in [0, 0.05) is 38.3 Å². The summed E-state index contributed by atoms with van der Waals surface area (Å²) in [7, 11) is 3.18. The van der Waals surface area contributed by atoms with Gasteiger partial charge in [0.1, 0.15) is 5.02 Å². The van der Waals surface area contributed by atoms with Crippen LogP contribution in [0.4, 0.5) is 17.5 Å². The van der Waals surface area contributed by atoms with Crippen molar-refractivity contribution in [3.63, 3.8) is 0 Å². The van der Waals surface area contributed by atoms with Crippen LogP contribution in [0.25, 0.3) is 10.9 Å². The van der Waals surface area contributed by atoms with Crippen LogP contribution in [0.15, 0.2) is 35.3 Å². The Bertz CT molecular complexity index is 1270. The van der Waals surface area contributed by atoms with E-state index in [-0.39, 0.29) is 23.8 Å². The molecule has 2 atom stereocenters. The average Bonchev–Trinajstić information content (AvgIpc) is 2.81. The van der Waals surface area contributed by atoms with Crippen molar-refractivity contribution in [3.05, 3.63) is 45.8 Å². The van der Waals surface area contributed by atoms with E-state index in [2.05, 4.69) is 34.4 Å². The van der Waals surface area contributed by atoms with Crippen LogP contribution in [0, 0.1) is 11.8 Å². The fourth-order valence-electron chi connectivity index (χ4n) is 4.41. The molecule has 9 nitrogen and oxygen atoms in total. The number of nitrogens with one attached hydrogen (secondary N) is 2. The fraction of sp³-hybridized carbons (Fsp3) is 0.417. The topological polar surface area (TPSA) is 101 Å². The maximum atomic E-state index is 12.6. The van der Waals surface area contributed by atoms with Crippen molar-refractivity contribution < 1.29 is 9.53 Å². The molecule has 1 fully saturated rings. The van der Waals surface area contributed by atoms with Crippen molar-refractivity contribution in [1.82, 2.24) is 19.9 Å². The van der Waals surface area contributed by atoms with E-state index in [0.717, 1.165) is 29.7 Å². The zero-order chi connectivity index (χ0) is 24.4. The number of anilines is 3. The number of halogens is 1. The molecule has 3 heterocycles. The second-order valence-electron chi connectivity index (χ2n) is 8.95. The highest BCUT2D eigenvalue weighted by atomic mass is 35.5. The molecule has 1 amide bonds. The number of pyridine rings is 1. The minimum absolute atomic E-state index is 0.103. The van der Waals surface area contributed by atoms with Gasteiger partial charge in [0.05, 0.1) is 11.7 Å². The SMILES string of the molecule is CNC(=O)COc1cc2cc(Nc3nc(N4CC(C)CC(C)C4)ncc3Cl)ccc2n(C)c1=O. The van der Waals surface area contributed by atoms with Crippen LogP contribution in [0.3, 0.4) is 0 Å². The molecule has 0 radical (unpaired) electrons. The number of aryl methyl sites for hydroxylation is 1. The molecule has 0 saturated carbocycles. The monoisotopic (exact) mass is 484 g/mol. The van der Waals surface area contributed by atoms with E-state index < -0.39 is 0 Å². The number of benzene rings is 1. The Morgan fingerprint density at radius 2 is 1.97 bits per heavy atom. The van der Waals surface area contributed by atoms with Gasteiger partial charge < -0.3 is 24.8 Å². The Morgan fingerprint density at radius 1 is 1.24 bits per heavy atom. The van der Waals surface area contributed by atoms with Gasteiger partial charge in [-0.2, -0.15) is 4.98 Å². The highest BCUT2D eigenvalue weighted by Crippen LogP contribution is 2.29. The van der Waals surface area contributed by atoms with Crippen LogP contribution in [0.1, 0.15) is 20.3 Å². The van der Waals surface area contributed by atoms with Gasteiger partial charge in [0.2, 0.25) is 5.95 Å². The summed E-state index contributed by atoms with van der Waals surface area (Å²) in [6, 6.07) is 7.21. The van der Waals surface area contributed by atoms with Crippen LogP contribution in [0.2, 0.25) is 5.02 Å². The summed E-state index contributed by atoms with van der Waals surface area (Å²) < 4.78 is 6.94. The predicted octanol–water partition coefficient (Wildman–Crippen LogP) is 3.33. The van der Waals surface area contributed by atoms with E-state index in [4.69, 9.17) is 21.3 Å².